The van der Waals surface area contributed by atoms with Crippen molar-refractivity contribution in [2.45, 2.75) is 33.4 Å². The summed E-state index contributed by atoms with van der Waals surface area (Å²) < 4.78 is 10.5. The van der Waals surface area contributed by atoms with Gasteiger partial charge in [0.05, 0.1) is 20.6 Å². The Morgan fingerprint density at radius 3 is 2.07 bits per heavy atom. The second-order valence-electron chi connectivity index (χ2n) is 6.42. The zero-order valence-electron chi connectivity index (χ0n) is 16.7. The van der Waals surface area contributed by atoms with Crippen molar-refractivity contribution in [3.05, 3.63) is 59.2 Å². The summed E-state index contributed by atoms with van der Waals surface area (Å²) >= 11 is 0. The van der Waals surface area contributed by atoms with Gasteiger partial charge < -0.3 is 14.8 Å². The highest BCUT2D eigenvalue weighted by Crippen LogP contribution is 2.27. The lowest BCUT2D eigenvalue weighted by atomic mass is 10.1. The van der Waals surface area contributed by atoms with E-state index in [4.69, 9.17) is 9.47 Å². The lowest BCUT2D eigenvalue weighted by molar-refractivity contribution is -0.120. The number of amides is 1. The van der Waals surface area contributed by atoms with Crippen molar-refractivity contribution in [3.8, 4) is 11.5 Å². The van der Waals surface area contributed by atoms with Crippen LogP contribution in [0.2, 0.25) is 0 Å². The van der Waals surface area contributed by atoms with Crippen LogP contribution >= 0.6 is 0 Å². The van der Waals surface area contributed by atoms with Gasteiger partial charge in [0.2, 0.25) is 5.91 Å². The van der Waals surface area contributed by atoms with E-state index in [1.165, 1.54) is 5.56 Å². The number of ether oxygens (including phenoxy) is 2. The molecule has 1 N–H and O–H groups in total. The van der Waals surface area contributed by atoms with Crippen LogP contribution in [0.5, 0.6) is 11.5 Å². The molecule has 5 heteroatoms. The summed E-state index contributed by atoms with van der Waals surface area (Å²) in [7, 11) is 3.18. The minimum atomic E-state index is -0.0190. The Morgan fingerprint density at radius 1 is 0.889 bits per heavy atom. The summed E-state index contributed by atoms with van der Waals surface area (Å²) in [4.78, 5) is 14.6. The third-order valence-electron chi connectivity index (χ3n) is 4.63. The first-order valence-corrected chi connectivity index (χ1v) is 9.37. The summed E-state index contributed by atoms with van der Waals surface area (Å²) in [6, 6.07) is 14.0. The van der Waals surface area contributed by atoms with Gasteiger partial charge in [-0.05, 0) is 41.9 Å². The predicted octanol–water partition coefficient (Wildman–Crippen LogP) is 3.40. The molecule has 27 heavy (non-hydrogen) atoms. The van der Waals surface area contributed by atoms with E-state index in [0.29, 0.717) is 24.5 Å². The molecule has 146 valence electrons. The van der Waals surface area contributed by atoms with Gasteiger partial charge in [-0.3, -0.25) is 9.69 Å². The number of carbonyl (C=O) groups is 1. The topological polar surface area (TPSA) is 50.8 Å². The molecule has 0 aliphatic rings. The zero-order chi connectivity index (χ0) is 19.6. The second-order valence-corrected chi connectivity index (χ2v) is 6.42. The number of nitrogens with one attached hydrogen (secondary N) is 1. The summed E-state index contributed by atoms with van der Waals surface area (Å²) in [5.74, 6) is 1.27. The third-order valence-corrected chi connectivity index (χ3v) is 4.63. The minimum Gasteiger partial charge on any atom is -0.493 e. The number of carbonyl (C=O) groups excluding carboxylic acids is 1. The molecule has 0 saturated heterocycles. The Hall–Kier alpha value is -2.53. The maximum absolute atomic E-state index is 12.2. The molecule has 0 aromatic heterocycles. The van der Waals surface area contributed by atoms with Gasteiger partial charge in [0.1, 0.15) is 0 Å². The molecule has 0 saturated carbocycles. The van der Waals surface area contributed by atoms with E-state index in [-0.39, 0.29) is 5.91 Å². The fraction of sp³-hybridized carbons (Fsp3) is 0.409. The Labute approximate surface area is 162 Å². The van der Waals surface area contributed by atoms with Crippen LogP contribution in [0, 0.1) is 0 Å². The molecule has 0 atom stereocenters. The summed E-state index contributed by atoms with van der Waals surface area (Å²) in [5, 5.41) is 2.97. The number of nitrogens with zero attached hydrogens (tertiary/aromatic N) is 1. The van der Waals surface area contributed by atoms with E-state index in [2.05, 4.69) is 48.3 Å². The number of methoxy groups -OCH3 is 2. The molecular weight excluding hydrogens is 340 g/mol. The fourth-order valence-corrected chi connectivity index (χ4v) is 2.91. The highest BCUT2D eigenvalue weighted by Gasteiger charge is 2.08. The van der Waals surface area contributed by atoms with Gasteiger partial charge in [-0.25, -0.2) is 0 Å². The second kappa shape index (κ2) is 10.6. The van der Waals surface area contributed by atoms with Crippen molar-refractivity contribution in [2.24, 2.45) is 0 Å². The standard InChI is InChI=1S/C22H30N2O3/c1-5-24(6-2)16-18-9-7-17(8-10-18)15-23-22(25)14-19-11-12-20(26-3)21(13-19)27-4/h7-13H,5-6,14-16H2,1-4H3,(H,23,25). The molecule has 0 heterocycles. The molecule has 2 aromatic rings. The molecular formula is C22H30N2O3. The molecule has 0 radical (unpaired) electrons. The lowest BCUT2D eigenvalue weighted by Crippen LogP contribution is -2.24. The van der Waals surface area contributed by atoms with Gasteiger partial charge in [-0.15, -0.1) is 0 Å². The van der Waals surface area contributed by atoms with E-state index in [0.717, 1.165) is 30.8 Å². The molecule has 5 nitrogen and oxygen atoms in total. The molecule has 0 unspecified atom stereocenters. The van der Waals surface area contributed by atoms with Gasteiger partial charge in [0, 0.05) is 13.1 Å². The first-order chi connectivity index (χ1) is 13.1. The van der Waals surface area contributed by atoms with Gasteiger partial charge in [-0.1, -0.05) is 44.2 Å². The highest BCUT2D eigenvalue weighted by molar-refractivity contribution is 5.78. The molecule has 0 aliphatic heterocycles. The number of hydrogen-bond donors (Lipinski definition) is 1. The smallest absolute Gasteiger partial charge is 0.224 e. The van der Waals surface area contributed by atoms with Gasteiger partial charge in [-0.2, -0.15) is 0 Å². The average molecular weight is 370 g/mol. The first kappa shape index (κ1) is 20.8. The number of rotatable bonds is 10. The van der Waals surface area contributed by atoms with Crippen molar-refractivity contribution in [1.82, 2.24) is 10.2 Å². The predicted molar refractivity (Wildman–Crippen MR) is 108 cm³/mol. The number of hydrogen-bond acceptors (Lipinski definition) is 4. The maximum Gasteiger partial charge on any atom is 0.224 e. The minimum absolute atomic E-state index is 0.0190. The summed E-state index contributed by atoms with van der Waals surface area (Å²) in [6.45, 7) is 7.92. The third kappa shape index (κ3) is 6.29. The SMILES string of the molecule is CCN(CC)Cc1ccc(CNC(=O)Cc2ccc(OC)c(OC)c2)cc1. The van der Waals surface area contributed by atoms with Crippen molar-refractivity contribution in [1.29, 1.82) is 0 Å². The monoisotopic (exact) mass is 370 g/mol. The fourth-order valence-electron chi connectivity index (χ4n) is 2.91. The van der Waals surface area contributed by atoms with Crippen molar-refractivity contribution < 1.29 is 14.3 Å². The maximum atomic E-state index is 12.2. The van der Waals surface area contributed by atoms with E-state index in [9.17, 15) is 4.79 Å². The van der Waals surface area contributed by atoms with Crippen LogP contribution in [0.15, 0.2) is 42.5 Å². The van der Waals surface area contributed by atoms with E-state index < -0.39 is 0 Å². The van der Waals surface area contributed by atoms with Gasteiger partial charge in [0.15, 0.2) is 11.5 Å². The van der Waals surface area contributed by atoms with Crippen LogP contribution < -0.4 is 14.8 Å². The average Bonchev–Trinajstić information content (AvgIpc) is 2.71. The van der Waals surface area contributed by atoms with Gasteiger partial charge >= 0.3 is 0 Å². The molecule has 0 spiro atoms. The van der Waals surface area contributed by atoms with Crippen molar-refractivity contribution >= 4 is 5.91 Å². The molecule has 0 aliphatic carbocycles. The van der Waals surface area contributed by atoms with Crippen LogP contribution in [0.1, 0.15) is 30.5 Å². The molecule has 2 rings (SSSR count). The Kier molecular flexibility index (Phi) is 8.14. The van der Waals surface area contributed by atoms with Crippen molar-refractivity contribution in [3.63, 3.8) is 0 Å². The van der Waals surface area contributed by atoms with Crippen LogP contribution in [0.25, 0.3) is 0 Å². The van der Waals surface area contributed by atoms with Crippen LogP contribution in [0.3, 0.4) is 0 Å². The summed E-state index contributed by atoms with van der Waals surface area (Å²) in [6.07, 6.45) is 0.306. The van der Waals surface area contributed by atoms with E-state index >= 15 is 0 Å². The molecule has 0 bridgehead atoms. The van der Waals surface area contributed by atoms with Crippen molar-refractivity contribution in [2.75, 3.05) is 27.3 Å². The van der Waals surface area contributed by atoms with E-state index in [1.807, 2.05) is 18.2 Å². The van der Waals surface area contributed by atoms with Gasteiger partial charge in [0.25, 0.3) is 0 Å². The molecule has 1 amide bonds. The Balaban J connectivity index is 1.86. The van der Waals surface area contributed by atoms with Crippen LogP contribution in [-0.2, 0) is 24.3 Å². The summed E-state index contributed by atoms with van der Waals surface area (Å²) in [5.41, 5.74) is 3.28. The Bertz CT molecular complexity index is 725. The quantitative estimate of drug-likeness (QED) is 0.696. The Morgan fingerprint density at radius 2 is 1.48 bits per heavy atom. The zero-order valence-corrected chi connectivity index (χ0v) is 16.7. The largest absolute Gasteiger partial charge is 0.493 e. The number of benzene rings is 2. The molecule has 2 aromatic carbocycles. The van der Waals surface area contributed by atoms with Crippen LogP contribution in [-0.4, -0.2) is 38.1 Å². The van der Waals surface area contributed by atoms with E-state index in [1.54, 1.807) is 14.2 Å². The molecule has 0 fully saturated rings. The van der Waals surface area contributed by atoms with Crippen LogP contribution in [0.4, 0.5) is 0 Å². The lowest BCUT2D eigenvalue weighted by Gasteiger charge is -2.18. The first-order valence-electron chi connectivity index (χ1n) is 9.37. The highest BCUT2D eigenvalue weighted by atomic mass is 16.5. The normalized spacial score (nSPS) is 10.7.